The number of primary amides is 1. The molecule has 3 aromatic rings. The zero-order valence-electron chi connectivity index (χ0n) is 15.4. The number of aliphatic carboxylic acids is 1. The lowest BCUT2D eigenvalue weighted by molar-refractivity contribution is -0.137. The van der Waals surface area contributed by atoms with Crippen LogP contribution >= 0.6 is 0 Å². The molecule has 27 heavy (non-hydrogen) atoms. The normalized spacial score (nSPS) is 11.0. The molecule has 3 N–H and O–H groups in total. The number of hydrogen-bond acceptors (Lipinski definition) is 2. The lowest BCUT2D eigenvalue weighted by Crippen LogP contribution is -2.14. The number of fused-ring (bicyclic) bond motifs is 1. The van der Waals surface area contributed by atoms with Gasteiger partial charge in [0.15, 0.2) is 0 Å². The molecule has 1 aromatic heterocycles. The first kappa shape index (κ1) is 18.7. The summed E-state index contributed by atoms with van der Waals surface area (Å²) < 4.78 is 2.21. The number of aromatic nitrogens is 1. The van der Waals surface area contributed by atoms with Gasteiger partial charge in [0, 0.05) is 29.6 Å². The highest BCUT2D eigenvalue weighted by Crippen LogP contribution is 2.29. The van der Waals surface area contributed by atoms with E-state index in [2.05, 4.69) is 22.8 Å². The van der Waals surface area contributed by atoms with Crippen LogP contribution in [0.1, 0.15) is 35.2 Å². The third-order valence-corrected chi connectivity index (χ3v) is 4.91. The Bertz CT molecular complexity index is 974. The molecule has 0 aliphatic rings. The van der Waals surface area contributed by atoms with E-state index in [0.717, 1.165) is 27.7 Å². The average molecular weight is 364 g/mol. The van der Waals surface area contributed by atoms with Crippen LogP contribution in [-0.4, -0.2) is 21.6 Å². The number of aryl methyl sites for hydroxylation is 1. The monoisotopic (exact) mass is 364 g/mol. The first-order chi connectivity index (χ1) is 13.0. The van der Waals surface area contributed by atoms with Crippen molar-refractivity contribution in [2.45, 2.75) is 39.2 Å². The Balaban J connectivity index is 2.02. The van der Waals surface area contributed by atoms with Crippen molar-refractivity contribution in [3.8, 4) is 0 Å². The van der Waals surface area contributed by atoms with Crippen molar-refractivity contribution in [1.29, 1.82) is 0 Å². The van der Waals surface area contributed by atoms with E-state index in [0.29, 0.717) is 19.4 Å². The van der Waals surface area contributed by atoms with Crippen molar-refractivity contribution in [2.24, 2.45) is 5.73 Å². The van der Waals surface area contributed by atoms with Crippen molar-refractivity contribution >= 4 is 22.8 Å². The first-order valence-electron chi connectivity index (χ1n) is 9.10. The zero-order valence-corrected chi connectivity index (χ0v) is 15.4. The Morgan fingerprint density at radius 3 is 2.48 bits per heavy atom. The molecule has 1 heterocycles. The summed E-state index contributed by atoms with van der Waals surface area (Å²) in [6.45, 7) is 2.73. The van der Waals surface area contributed by atoms with Gasteiger partial charge in [-0.15, -0.1) is 0 Å². The fourth-order valence-electron chi connectivity index (χ4n) is 3.56. The fourth-order valence-corrected chi connectivity index (χ4v) is 3.56. The lowest BCUT2D eigenvalue weighted by Gasteiger charge is -2.10. The van der Waals surface area contributed by atoms with Crippen LogP contribution in [0.5, 0.6) is 0 Å². The predicted octanol–water partition coefficient (Wildman–Crippen LogP) is 3.43. The van der Waals surface area contributed by atoms with Crippen LogP contribution in [0.15, 0.2) is 48.5 Å². The number of hydrogen-bond donors (Lipinski definition) is 2. The zero-order chi connectivity index (χ0) is 19.4. The number of amides is 1. The van der Waals surface area contributed by atoms with E-state index in [1.54, 1.807) is 0 Å². The summed E-state index contributed by atoms with van der Waals surface area (Å²) in [4.78, 5) is 22.3. The fraction of sp³-hybridized carbons (Fsp3) is 0.273. The van der Waals surface area contributed by atoms with E-state index in [1.165, 1.54) is 5.56 Å². The second-order valence-electron chi connectivity index (χ2n) is 6.88. The van der Waals surface area contributed by atoms with Gasteiger partial charge in [-0.2, -0.15) is 0 Å². The quantitative estimate of drug-likeness (QED) is 0.642. The number of carboxylic acid groups (broad SMARTS) is 1. The molecule has 0 radical (unpaired) electrons. The Hall–Kier alpha value is -3.08. The minimum absolute atomic E-state index is 0.162. The van der Waals surface area contributed by atoms with Crippen molar-refractivity contribution in [2.75, 3.05) is 0 Å². The van der Waals surface area contributed by atoms with E-state index in [1.807, 2.05) is 37.3 Å². The van der Waals surface area contributed by atoms with E-state index in [9.17, 15) is 9.59 Å². The Labute approximate surface area is 158 Å². The molecule has 5 heteroatoms. The Morgan fingerprint density at radius 2 is 1.81 bits per heavy atom. The van der Waals surface area contributed by atoms with Crippen LogP contribution in [0.25, 0.3) is 10.9 Å². The van der Waals surface area contributed by atoms with Gasteiger partial charge in [0.25, 0.3) is 0 Å². The second kappa shape index (κ2) is 8.08. The van der Waals surface area contributed by atoms with Crippen LogP contribution in [0, 0.1) is 6.92 Å². The summed E-state index contributed by atoms with van der Waals surface area (Å²) in [5.41, 5.74) is 10.8. The largest absolute Gasteiger partial charge is 0.481 e. The van der Waals surface area contributed by atoms with Gasteiger partial charge in [0.05, 0.1) is 6.42 Å². The molecule has 0 aliphatic heterocycles. The number of carboxylic acids is 1. The molecule has 140 valence electrons. The topological polar surface area (TPSA) is 85.3 Å². The second-order valence-corrected chi connectivity index (χ2v) is 6.88. The molecule has 0 saturated carbocycles. The van der Waals surface area contributed by atoms with Gasteiger partial charge in [-0.05, 0) is 42.5 Å². The summed E-state index contributed by atoms with van der Waals surface area (Å²) in [6, 6.07) is 16.3. The number of rotatable bonds is 8. The Morgan fingerprint density at radius 1 is 1.07 bits per heavy atom. The lowest BCUT2D eigenvalue weighted by atomic mass is 10.0. The van der Waals surface area contributed by atoms with E-state index < -0.39 is 5.97 Å². The van der Waals surface area contributed by atoms with Crippen molar-refractivity contribution < 1.29 is 14.7 Å². The van der Waals surface area contributed by atoms with Crippen LogP contribution in [-0.2, 0) is 29.0 Å². The maximum absolute atomic E-state index is 11.6. The van der Waals surface area contributed by atoms with E-state index in [4.69, 9.17) is 10.8 Å². The third kappa shape index (κ3) is 4.37. The van der Waals surface area contributed by atoms with Gasteiger partial charge in [0.1, 0.15) is 0 Å². The van der Waals surface area contributed by atoms with Gasteiger partial charge in [-0.1, -0.05) is 42.5 Å². The maximum Gasteiger partial charge on any atom is 0.303 e. The molecular weight excluding hydrogens is 340 g/mol. The number of nitrogens with zero attached hydrogens (tertiary/aromatic N) is 1. The Kier molecular flexibility index (Phi) is 5.60. The average Bonchev–Trinajstić information content (AvgIpc) is 2.87. The first-order valence-corrected chi connectivity index (χ1v) is 9.10. The van der Waals surface area contributed by atoms with Gasteiger partial charge in [-0.25, -0.2) is 0 Å². The molecule has 5 nitrogen and oxygen atoms in total. The highest BCUT2D eigenvalue weighted by Gasteiger charge is 2.16. The molecule has 0 saturated heterocycles. The molecule has 2 aromatic carbocycles. The molecule has 0 aliphatic carbocycles. The summed E-state index contributed by atoms with van der Waals surface area (Å²) in [5.74, 6) is -1.12. The third-order valence-electron chi connectivity index (χ3n) is 4.91. The van der Waals surface area contributed by atoms with Gasteiger partial charge in [0.2, 0.25) is 5.91 Å². The molecule has 0 atom stereocenters. The summed E-state index contributed by atoms with van der Waals surface area (Å²) in [5, 5.41) is 9.88. The number of carbonyl (C=O) groups excluding carboxylic acids is 1. The van der Waals surface area contributed by atoms with Crippen LogP contribution < -0.4 is 5.73 Å². The van der Waals surface area contributed by atoms with Gasteiger partial charge >= 0.3 is 5.97 Å². The van der Waals surface area contributed by atoms with Gasteiger partial charge < -0.3 is 15.4 Å². The van der Waals surface area contributed by atoms with Gasteiger partial charge in [-0.3, -0.25) is 9.59 Å². The van der Waals surface area contributed by atoms with Crippen LogP contribution in [0.2, 0.25) is 0 Å². The molecule has 0 bridgehead atoms. The van der Waals surface area contributed by atoms with Crippen molar-refractivity contribution in [3.63, 3.8) is 0 Å². The molecule has 0 unspecified atom stereocenters. The van der Waals surface area contributed by atoms with Crippen LogP contribution in [0.3, 0.4) is 0 Å². The predicted molar refractivity (Wildman–Crippen MR) is 106 cm³/mol. The molecule has 3 rings (SSSR count). The highest BCUT2D eigenvalue weighted by molar-refractivity contribution is 5.90. The minimum Gasteiger partial charge on any atom is -0.481 e. The van der Waals surface area contributed by atoms with E-state index in [-0.39, 0.29) is 18.7 Å². The molecular formula is C22H24N2O3. The maximum atomic E-state index is 11.6. The molecule has 1 amide bonds. The number of nitrogens with two attached hydrogens (primary N) is 1. The standard InChI is InChI=1S/C22H24N2O3/c1-15-19(13-21(23)25)18-11-10-16(8-5-9-22(26)27)12-20(18)24(15)14-17-6-3-2-4-7-17/h2-4,6-7,10-12H,5,8-9,13-14H2,1H3,(H2,23,25)(H,26,27). The van der Waals surface area contributed by atoms with E-state index >= 15 is 0 Å². The van der Waals surface area contributed by atoms with Crippen molar-refractivity contribution in [1.82, 2.24) is 4.57 Å². The molecule has 0 fully saturated rings. The minimum atomic E-state index is -0.775. The summed E-state index contributed by atoms with van der Waals surface area (Å²) >= 11 is 0. The SMILES string of the molecule is Cc1c(CC(N)=O)c2ccc(CCCC(=O)O)cc2n1Cc1ccccc1. The highest BCUT2D eigenvalue weighted by atomic mass is 16.4. The number of benzene rings is 2. The van der Waals surface area contributed by atoms with Crippen LogP contribution in [0.4, 0.5) is 0 Å². The summed E-state index contributed by atoms with van der Waals surface area (Å²) in [7, 11) is 0. The van der Waals surface area contributed by atoms with Crippen molar-refractivity contribution in [3.05, 3.63) is 70.9 Å². The smallest absolute Gasteiger partial charge is 0.303 e. The summed E-state index contributed by atoms with van der Waals surface area (Å²) in [6.07, 6.45) is 1.69. The molecule has 0 spiro atoms. The number of carbonyl (C=O) groups is 2.